The Labute approximate surface area is 165 Å². The fourth-order valence-electron chi connectivity index (χ4n) is 5.19. The first-order chi connectivity index (χ1) is 13.7. The number of hydrogen-bond acceptors (Lipinski definition) is 1. The van der Waals surface area contributed by atoms with Gasteiger partial charge in [0, 0.05) is 41.4 Å². The average Bonchev–Trinajstić information content (AvgIpc) is 3.36. The van der Waals surface area contributed by atoms with Gasteiger partial charge in [-0.1, -0.05) is 63.2 Å². The van der Waals surface area contributed by atoms with Crippen molar-refractivity contribution in [3.63, 3.8) is 0 Å². The molecule has 0 bridgehead atoms. The highest BCUT2D eigenvalue weighted by Crippen LogP contribution is 2.52. The first kappa shape index (κ1) is 17.1. The third-order valence-corrected chi connectivity index (χ3v) is 6.27. The third-order valence-electron chi connectivity index (χ3n) is 6.27. The van der Waals surface area contributed by atoms with E-state index in [1.165, 1.54) is 38.5 Å². The number of fused-ring (bicyclic) bond motifs is 10. The minimum absolute atomic E-state index is 0.0648. The molecule has 0 fully saturated rings. The summed E-state index contributed by atoms with van der Waals surface area (Å²) in [5, 5.41) is 5.56. The molecule has 28 heavy (non-hydrogen) atoms. The van der Waals surface area contributed by atoms with Crippen molar-refractivity contribution in [1.82, 2.24) is 9.88 Å². The van der Waals surface area contributed by atoms with Gasteiger partial charge in [0.2, 0.25) is 0 Å². The lowest BCUT2D eigenvalue weighted by molar-refractivity contribution is 0.0966. The van der Waals surface area contributed by atoms with Crippen molar-refractivity contribution in [3.8, 4) is 11.1 Å². The molecule has 2 heterocycles. The van der Waals surface area contributed by atoms with E-state index in [1.54, 1.807) is 0 Å². The lowest BCUT2D eigenvalue weighted by Gasteiger charge is -2.13. The normalized spacial score (nSPS) is 16.4. The standard InChI is InChI=1S/C23H18N2O.C2H6/c1-12-13-7-3-4-8-14(13)20-18(12)22-19(16-11-24-23(26)21(16)20)15-9-5-6-10-17(15)25(22)2;1-2/h3-10,12H,11H2,1-2H3,(H,24,26);1-2H3. The van der Waals surface area contributed by atoms with Gasteiger partial charge < -0.3 is 9.88 Å². The van der Waals surface area contributed by atoms with Crippen molar-refractivity contribution < 1.29 is 4.79 Å². The van der Waals surface area contributed by atoms with Gasteiger partial charge in [-0.2, -0.15) is 0 Å². The molecule has 0 saturated carbocycles. The molecule has 3 heteroatoms. The molecule has 1 aliphatic carbocycles. The molecule has 1 aromatic heterocycles. The van der Waals surface area contributed by atoms with Crippen molar-refractivity contribution in [3.05, 3.63) is 70.8 Å². The van der Waals surface area contributed by atoms with Crippen LogP contribution < -0.4 is 5.32 Å². The molecule has 1 atom stereocenters. The number of aromatic nitrogens is 1. The number of hydrogen-bond donors (Lipinski definition) is 1. The summed E-state index contributed by atoms with van der Waals surface area (Å²) >= 11 is 0. The zero-order valence-corrected chi connectivity index (χ0v) is 16.8. The summed E-state index contributed by atoms with van der Waals surface area (Å²) in [6.07, 6.45) is 0. The number of nitrogens with one attached hydrogen (secondary N) is 1. The van der Waals surface area contributed by atoms with E-state index < -0.39 is 0 Å². The predicted octanol–water partition coefficient (Wildman–Crippen LogP) is 5.73. The first-order valence-corrected chi connectivity index (χ1v) is 10.1. The van der Waals surface area contributed by atoms with Crippen molar-refractivity contribution in [2.24, 2.45) is 7.05 Å². The van der Waals surface area contributed by atoms with E-state index in [2.05, 4.69) is 72.4 Å². The number of para-hydroxylation sites is 1. The van der Waals surface area contributed by atoms with Gasteiger partial charge in [0.25, 0.3) is 5.91 Å². The average molecular weight is 368 g/mol. The van der Waals surface area contributed by atoms with Crippen LogP contribution in [0, 0.1) is 0 Å². The molecular formula is C25H24N2O. The van der Waals surface area contributed by atoms with E-state index in [1.807, 2.05) is 13.8 Å². The van der Waals surface area contributed by atoms with Crippen LogP contribution in [-0.2, 0) is 13.6 Å². The molecule has 6 rings (SSSR count). The van der Waals surface area contributed by atoms with E-state index in [9.17, 15) is 4.79 Å². The van der Waals surface area contributed by atoms with Crippen LogP contribution in [0.2, 0.25) is 0 Å². The smallest absolute Gasteiger partial charge is 0.252 e. The molecule has 1 aliphatic heterocycles. The predicted molar refractivity (Wildman–Crippen MR) is 116 cm³/mol. The molecule has 3 aromatic carbocycles. The second-order valence-corrected chi connectivity index (χ2v) is 7.43. The first-order valence-electron chi connectivity index (χ1n) is 10.1. The molecule has 140 valence electrons. The summed E-state index contributed by atoms with van der Waals surface area (Å²) in [6, 6.07) is 17.1. The van der Waals surface area contributed by atoms with E-state index in [4.69, 9.17) is 0 Å². The Morgan fingerprint density at radius 3 is 2.54 bits per heavy atom. The Morgan fingerprint density at radius 2 is 1.71 bits per heavy atom. The maximum Gasteiger partial charge on any atom is 0.252 e. The van der Waals surface area contributed by atoms with Crippen LogP contribution in [0.5, 0.6) is 0 Å². The molecule has 4 aromatic rings. The highest BCUT2D eigenvalue weighted by molar-refractivity contribution is 6.20. The molecule has 2 aliphatic rings. The maximum absolute atomic E-state index is 12.8. The number of nitrogens with zero attached hydrogens (tertiary/aromatic N) is 1. The zero-order valence-electron chi connectivity index (χ0n) is 16.8. The molecule has 1 unspecified atom stereocenters. The Kier molecular flexibility index (Phi) is 3.63. The summed E-state index contributed by atoms with van der Waals surface area (Å²) in [5.41, 5.74) is 9.54. The second kappa shape index (κ2) is 5.96. The van der Waals surface area contributed by atoms with Crippen molar-refractivity contribution in [2.75, 3.05) is 0 Å². The fourth-order valence-corrected chi connectivity index (χ4v) is 5.19. The lowest BCUT2D eigenvalue weighted by atomic mass is 9.90. The van der Waals surface area contributed by atoms with Gasteiger partial charge in [-0.15, -0.1) is 0 Å². The quantitative estimate of drug-likeness (QED) is 0.422. The molecule has 0 spiro atoms. The van der Waals surface area contributed by atoms with Crippen LogP contribution >= 0.6 is 0 Å². The molecular weight excluding hydrogens is 344 g/mol. The van der Waals surface area contributed by atoms with Crippen LogP contribution in [0.3, 0.4) is 0 Å². The molecule has 0 saturated heterocycles. The molecule has 1 N–H and O–H groups in total. The van der Waals surface area contributed by atoms with Crippen molar-refractivity contribution in [1.29, 1.82) is 0 Å². The number of aryl methyl sites for hydroxylation is 1. The Bertz CT molecular complexity index is 1280. The number of amides is 1. The minimum atomic E-state index is 0.0648. The number of rotatable bonds is 0. The van der Waals surface area contributed by atoms with Gasteiger partial charge in [0.1, 0.15) is 0 Å². The lowest BCUT2D eigenvalue weighted by Crippen LogP contribution is -2.13. The second-order valence-electron chi connectivity index (χ2n) is 7.43. The fraction of sp³-hybridized carbons (Fsp3) is 0.240. The van der Waals surface area contributed by atoms with E-state index >= 15 is 0 Å². The van der Waals surface area contributed by atoms with E-state index in [0.717, 1.165) is 16.7 Å². The number of carbonyl (C=O) groups excluding carboxylic acids is 1. The summed E-state index contributed by atoms with van der Waals surface area (Å²) in [4.78, 5) is 12.8. The van der Waals surface area contributed by atoms with E-state index in [-0.39, 0.29) is 11.8 Å². The molecule has 0 radical (unpaired) electrons. The highest BCUT2D eigenvalue weighted by Gasteiger charge is 2.37. The van der Waals surface area contributed by atoms with Crippen LogP contribution in [0.15, 0.2) is 48.5 Å². The van der Waals surface area contributed by atoms with Gasteiger partial charge in [0.05, 0.1) is 11.1 Å². The monoisotopic (exact) mass is 368 g/mol. The SMILES string of the molecule is CC.CC1c2ccccc2-c2c3c(c4c5ccccc5n(C)c4c21)CNC3=O. The summed E-state index contributed by atoms with van der Waals surface area (Å²) in [6.45, 7) is 6.88. The summed E-state index contributed by atoms with van der Waals surface area (Å²) in [7, 11) is 2.15. The van der Waals surface area contributed by atoms with Gasteiger partial charge in [0.15, 0.2) is 0 Å². The Balaban J connectivity index is 0.000000829. The minimum Gasteiger partial charge on any atom is -0.348 e. The largest absolute Gasteiger partial charge is 0.348 e. The van der Waals surface area contributed by atoms with Crippen LogP contribution in [0.4, 0.5) is 0 Å². The van der Waals surface area contributed by atoms with Crippen LogP contribution in [0.25, 0.3) is 32.9 Å². The van der Waals surface area contributed by atoms with Gasteiger partial charge in [-0.3, -0.25) is 4.79 Å². The topological polar surface area (TPSA) is 34.0 Å². The van der Waals surface area contributed by atoms with Crippen LogP contribution in [-0.4, -0.2) is 10.5 Å². The molecule has 1 amide bonds. The summed E-state index contributed by atoms with van der Waals surface area (Å²) < 4.78 is 2.31. The highest BCUT2D eigenvalue weighted by atomic mass is 16.1. The summed E-state index contributed by atoms with van der Waals surface area (Å²) in [5.74, 6) is 0.348. The number of carbonyl (C=O) groups is 1. The maximum atomic E-state index is 12.8. The zero-order chi connectivity index (χ0) is 19.6. The van der Waals surface area contributed by atoms with Crippen molar-refractivity contribution >= 4 is 27.7 Å². The van der Waals surface area contributed by atoms with Crippen molar-refractivity contribution in [2.45, 2.75) is 33.2 Å². The van der Waals surface area contributed by atoms with Gasteiger partial charge >= 0.3 is 0 Å². The van der Waals surface area contributed by atoms with Crippen LogP contribution in [0.1, 0.15) is 53.7 Å². The third kappa shape index (κ3) is 1.91. The van der Waals surface area contributed by atoms with Gasteiger partial charge in [-0.05, 0) is 28.3 Å². The van der Waals surface area contributed by atoms with Gasteiger partial charge in [-0.25, -0.2) is 0 Å². The number of benzene rings is 3. The molecule has 3 nitrogen and oxygen atoms in total. The Hall–Kier alpha value is -3.07. The Morgan fingerprint density at radius 1 is 1.00 bits per heavy atom. The van der Waals surface area contributed by atoms with E-state index in [0.29, 0.717) is 6.54 Å².